The van der Waals surface area contributed by atoms with E-state index in [2.05, 4.69) is 13.2 Å². The zero-order valence-corrected chi connectivity index (χ0v) is 10.5. The lowest BCUT2D eigenvalue weighted by atomic mass is 9.93. The molecule has 0 fully saturated rings. The van der Waals surface area contributed by atoms with Crippen LogP contribution in [-0.4, -0.2) is 17.8 Å². The maximum Gasteiger partial charge on any atom is 0.427 e. The summed E-state index contributed by atoms with van der Waals surface area (Å²) in [4.78, 5) is 1.35. The first-order valence-corrected chi connectivity index (χ1v) is 5.69. The summed E-state index contributed by atoms with van der Waals surface area (Å²) in [5.41, 5.74) is -2.60. The first-order valence-electron chi connectivity index (χ1n) is 5.69. The third-order valence-electron chi connectivity index (χ3n) is 3.17. The Morgan fingerprint density at radius 2 is 1.95 bits per heavy atom. The van der Waals surface area contributed by atoms with Gasteiger partial charge in [-0.25, -0.2) is 0 Å². The zero-order chi connectivity index (χ0) is 14.4. The van der Waals surface area contributed by atoms with E-state index in [0.717, 1.165) is 0 Å². The van der Waals surface area contributed by atoms with Crippen molar-refractivity contribution in [1.82, 2.24) is 0 Å². The van der Waals surface area contributed by atoms with Gasteiger partial charge in [0.05, 0.1) is 5.70 Å². The van der Waals surface area contributed by atoms with E-state index >= 15 is 0 Å². The molecule has 1 N–H and O–H groups in total. The molecule has 0 amide bonds. The van der Waals surface area contributed by atoms with Crippen molar-refractivity contribution in [2.24, 2.45) is 0 Å². The fraction of sp³-hybridized carbons (Fsp3) is 0.286. The average molecular weight is 269 g/mol. The maximum atomic E-state index is 13.2. The topological polar surface area (TPSA) is 23.5 Å². The van der Waals surface area contributed by atoms with E-state index in [1.165, 1.54) is 23.1 Å². The van der Waals surface area contributed by atoms with Crippen molar-refractivity contribution in [2.45, 2.75) is 18.7 Å². The molecule has 2 nitrogen and oxygen atoms in total. The first-order chi connectivity index (χ1) is 8.69. The molecular weight excluding hydrogens is 255 g/mol. The van der Waals surface area contributed by atoms with Gasteiger partial charge in [-0.1, -0.05) is 36.9 Å². The quantitative estimate of drug-likeness (QED) is 0.832. The summed E-state index contributed by atoms with van der Waals surface area (Å²) < 4.78 is 39.7. The Kier molecular flexibility index (Phi) is 2.97. The second-order valence-corrected chi connectivity index (χ2v) is 4.72. The lowest BCUT2D eigenvalue weighted by Gasteiger charge is -2.29. The summed E-state index contributed by atoms with van der Waals surface area (Å²) in [6.07, 6.45) is -4.82. The van der Waals surface area contributed by atoms with Crippen LogP contribution in [0.5, 0.6) is 0 Å². The maximum absolute atomic E-state index is 13.2. The summed E-state index contributed by atoms with van der Waals surface area (Å²) >= 11 is 0. The normalized spacial score (nSPS) is 22.6. The Bertz CT molecular complexity index is 550. The third kappa shape index (κ3) is 1.85. The minimum Gasteiger partial charge on any atom is -0.371 e. The van der Waals surface area contributed by atoms with Gasteiger partial charge in [-0.3, -0.25) is 0 Å². The zero-order valence-electron chi connectivity index (χ0n) is 10.5. The van der Waals surface area contributed by atoms with Crippen molar-refractivity contribution in [3.8, 4) is 0 Å². The molecule has 1 heterocycles. The Hall–Kier alpha value is -1.75. The number of halogens is 3. The van der Waals surface area contributed by atoms with Crippen LogP contribution in [0.15, 0.2) is 48.7 Å². The SMILES string of the molecule is C=C(C)CN1C(=C)C(O)(C(F)(F)F)c2ccccc21. The van der Waals surface area contributed by atoms with Crippen molar-refractivity contribution in [3.63, 3.8) is 0 Å². The second-order valence-electron chi connectivity index (χ2n) is 4.72. The largest absolute Gasteiger partial charge is 0.427 e. The van der Waals surface area contributed by atoms with Gasteiger partial charge in [0.1, 0.15) is 0 Å². The Morgan fingerprint density at radius 1 is 1.37 bits per heavy atom. The molecule has 1 aromatic carbocycles. The van der Waals surface area contributed by atoms with Gasteiger partial charge < -0.3 is 10.0 Å². The number of nitrogens with zero attached hydrogens (tertiary/aromatic N) is 1. The van der Waals surface area contributed by atoms with E-state index in [-0.39, 0.29) is 17.8 Å². The monoisotopic (exact) mass is 269 g/mol. The predicted octanol–water partition coefficient (Wildman–Crippen LogP) is 3.35. The number of anilines is 1. The van der Waals surface area contributed by atoms with Gasteiger partial charge >= 0.3 is 6.18 Å². The van der Waals surface area contributed by atoms with Gasteiger partial charge in [0.2, 0.25) is 5.60 Å². The van der Waals surface area contributed by atoms with Gasteiger partial charge in [-0.15, -0.1) is 0 Å². The summed E-state index contributed by atoms with van der Waals surface area (Å²) in [6, 6.07) is 5.90. The van der Waals surface area contributed by atoms with Gasteiger partial charge in [-0.05, 0) is 13.0 Å². The number of benzene rings is 1. The highest BCUT2D eigenvalue weighted by Gasteiger charge is 2.62. The molecule has 1 aliphatic heterocycles. The highest BCUT2D eigenvalue weighted by Crippen LogP contribution is 2.53. The van der Waals surface area contributed by atoms with E-state index in [1.54, 1.807) is 13.0 Å². The molecule has 0 spiro atoms. The van der Waals surface area contributed by atoms with Crippen molar-refractivity contribution < 1.29 is 18.3 Å². The van der Waals surface area contributed by atoms with Crippen LogP contribution in [0.2, 0.25) is 0 Å². The summed E-state index contributed by atoms with van der Waals surface area (Å²) in [5.74, 6) is 0. The molecule has 1 aromatic rings. The molecular formula is C14H14F3NO. The summed E-state index contributed by atoms with van der Waals surface area (Å²) in [6.45, 7) is 9.03. The molecule has 102 valence electrons. The van der Waals surface area contributed by atoms with E-state index in [9.17, 15) is 18.3 Å². The number of hydrogen-bond acceptors (Lipinski definition) is 2. The Balaban J connectivity index is 2.62. The van der Waals surface area contributed by atoms with Gasteiger partial charge in [-0.2, -0.15) is 13.2 Å². The molecule has 1 atom stereocenters. The third-order valence-corrected chi connectivity index (χ3v) is 3.17. The number of alkyl halides is 3. The van der Waals surface area contributed by atoms with E-state index in [4.69, 9.17) is 0 Å². The molecule has 0 saturated carbocycles. The number of aliphatic hydroxyl groups is 1. The number of rotatable bonds is 2. The minimum absolute atomic E-state index is 0.186. The molecule has 1 unspecified atom stereocenters. The van der Waals surface area contributed by atoms with Crippen molar-refractivity contribution >= 4 is 5.69 Å². The fourth-order valence-corrected chi connectivity index (χ4v) is 2.28. The molecule has 0 radical (unpaired) electrons. The fourth-order valence-electron chi connectivity index (χ4n) is 2.28. The molecule has 2 rings (SSSR count). The highest BCUT2D eigenvalue weighted by atomic mass is 19.4. The summed E-state index contributed by atoms with van der Waals surface area (Å²) in [5, 5.41) is 10.1. The van der Waals surface area contributed by atoms with Crippen LogP contribution >= 0.6 is 0 Å². The number of para-hydroxylation sites is 1. The van der Waals surface area contributed by atoms with Crippen molar-refractivity contribution in [1.29, 1.82) is 0 Å². The Labute approximate surface area is 109 Å². The molecule has 0 aliphatic carbocycles. The van der Waals surface area contributed by atoms with Crippen molar-refractivity contribution in [2.75, 3.05) is 11.4 Å². The lowest BCUT2D eigenvalue weighted by molar-refractivity contribution is -0.248. The minimum atomic E-state index is -4.82. The average Bonchev–Trinajstić information content (AvgIpc) is 2.52. The second kappa shape index (κ2) is 4.13. The van der Waals surface area contributed by atoms with Gasteiger partial charge in [0.25, 0.3) is 0 Å². The molecule has 19 heavy (non-hydrogen) atoms. The smallest absolute Gasteiger partial charge is 0.371 e. The Morgan fingerprint density at radius 3 is 2.47 bits per heavy atom. The van der Waals surface area contributed by atoms with Crippen LogP contribution in [0.25, 0.3) is 0 Å². The molecule has 0 aromatic heterocycles. The van der Waals surface area contributed by atoms with Crippen LogP contribution in [0.3, 0.4) is 0 Å². The van der Waals surface area contributed by atoms with E-state index in [0.29, 0.717) is 11.3 Å². The predicted molar refractivity (Wildman–Crippen MR) is 67.7 cm³/mol. The van der Waals surface area contributed by atoms with E-state index < -0.39 is 11.8 Å². The van der Waals surface area contributed by atoms with Gasteiger partial charge in [0, 0.05) is 17.8 Å². The van der Waals surface area contributed by atoms with Crippen LogP contribution in [0.4, 0.5) is 18.9 Å². The number of fused-ring (bicyclic) bond motifs is 1. The molecule has 0 bridgehead atoms. The van der Waals surface area contributed by atoms with Crippen LogP contribution < -0.4 is 4.90 Å². The van der Waals surface area contributed by atoms with Crippen LogP contribution in [0, 0.1) is 0 Å². The standard InChI is InChI=1S/C14H14F3NO/c1-9(2)8-18-10(3)13(19,14(15,16)17)11-6-4-5-7-12(11)18/h4-7,19H,1,3,8H2,2H3. The molecule has 5 heteroatoms. The van der Waals surface area contributed by atoms with E-state index in [1.807, 2.05) is 0 Å². The first kappa shape index (κ1) is 13.7. The lowest BCUT2D eigenvalue weighted by Crippen LogP contribution is -2.44. The van der Waals surface area contributed by atoms with Crippen LogP contribution in [0.1, 0.15) is 12.5 Å². The van der Waals surface area contributed by atoms with Crippen molar-refractivity contribution in [3.05, 3.63) is 54.3 Å². The van der Waals surface area contributed by atoms with Crippen LogP contribution in [-0.2, 0) is 5.60 Å². The van der Waals surface area contributed by atoms with Gasteiger partial charge in [0.15, 0.2) is 0 Å². The summed E-state index contributed by atoms with van der Waals surface area (Å²) in [7, 11) is 0. The molecule has 0 saturated heterocycles. The molecule has 1 aliphatic rings. The highest BCUT2D eigenvalue weighted by molar-refractivity contribution is 5.70. The number of hydrogen-bond donors (Lipinski definition) is 1.